The third kappa shape index (κ3) is 2.23. The second-order valence-electron chi connectivity index (χ2n) is 5.83. The van der Waals surface area contributed by atoms with Crippen molar-refractivity contribution >= 4 is 11.8 Å². The van der Waals surface area contributed by atoms with E-state index >= 15 is 0 Å². The molecule has 0 fully saturated rings. The van der Waals surface area contributed by atoms with Gasteiger partial charge in [0.15, 0.2) is 0 Å². The average Bonchev–Trinajstić information content (AvgIpc) is 3.10. The molecule has 0 bridgehead atoms. The van der Waals surface area contributed by atoms with Crippen molar-refractivity contribution in [3.8, 4) is 28.5 Å². The first-order chi connectivity index (χ1) is 12.1. The molecule has 0 amide bonds. The van der Waals surface area contributed by atoms with Gasteiger partial charge in [-0.2, -0.15) is 10.4 Å². The Kier molecular flexibility index (Phi) is 3.25. The highest BCUT2D eigenvalue weighted by Crippen LogP contribution is 2.40. The van der Waals surface area contributed by atoms with E-state index in [0.717, 1.165) is 34.5 Å². The highest BCUT2D eigenvalue weighted by molar-refractivity contribution is 5.90. The number of benzene rings is 1. The van der Waals surface area contributed by atoms with E-state index in [0.29, 0.717) is 17.5 Å². The number of aromatic amines is 1. The number of nitrogen functional groups attached to an aromatic ring is 1. The zero-order chi connectivity index (χ0) is 17.6. The van der Waals surface area contributed by atoms with Crippen molar-refractivity contribution in [1.29, 1.82) is 5.26 Å². The molecule has 7 heteroatoms. The van der Waals surface area contributed by atoms with E-state index in [-0.39, 0.29) is 11.4 Å². The SMILES string of the molecule is N#Cc1c(N)nc2c(c1-c1ccc(C(=O)O)cc1)CCc1[nH]ncc1-2. The zero-order valence-corrected chi connectivity index (χ0v) is 13.1. The van der Waals surface area contributed by atoms with Gasteiger partial charge in [-0.05, 0) is 36.1 Å². The summed E-state index contributed by atoms with van der Waals surface area (Å²) in [6.07, 6.45) is 3.17. The molecular formula is C18H13N5O2. The second-order valence-corrected chi connectivity index (χ2v) is 5.83. The number of pyridine rings is 1. The van der Waals surface area contributed by atoms with Crippen LogP contribution in [0.25, 0.3) is 22.4 Å². The Morgan fingerprint density at radius 1 is 1.28 bits per heavy atom. The molecule has 0 spiro atoms. The maximum atomic E-state index is 11.1. The first-order valence-electron chi connectivity index (χ1n) is 7.69. The average molecular weight is 331 g/mol. The standard InChI is InChI=1S/C18H13N5O2/c19-7-12-15(9-1-3-10(4-2-9)18(24)25)11-5-6-14-13(8-21-23-14)16(11)22-17(12)20/h1-4,8H,5-6H2,(H2,20,22)(H,21,23)(H,24,25). The maximum Gasteiger partial charge on any atom is 0.335 e. The summed E-state index contributed by atoms with van der Waals surface area (Å²) in [6, 6.07) is 8.58. The van der Waals surface area contributed by atoms with Gasteiger partial charge in [-0.15, -0.1) is 0 Å². The lowest BCUT2D eigenvalue weighted by Gasteiger charge is -2.21. The minimum Gasteiger partial charge on any atom is -0.478 e. The van der Waals surface area contributed by atoms with E-state index < -0.39 is 5.97 Å². The summed E-state index contributed by atoms with van der Waals surface area (Å²) in [5.41, 5.74) is 11.6. The third-order valence-electron chi connectivity index (χ3n) is 4.46. The van der Waals surface area contributed by atoms with Crippen LogP contribution in [0.4, 0.5) is 5.82 Å². The smallest absolute Gasteiger partial charge is 0.335 e. The lowest BCUT2D eigenvalue weighted by molar-refractivity contribution is 0.0697. The quantitative estimate of drug-likeness (QED) is 0.661. The molecule has 25 heavy (non-hydrogen) atoms. The number of carboxylic acids is 1. The lowest BCUT2D eigenvalue weighted by atomic mass is 9.85. The summed E-state index contributed by atoms with van der Waals surface area (Å²) in [5, 5.41) is 25.7. The molecule has 3 aromatic rings. The van der Waals surface area contributed by atoms with Gasteiger partial charge in [0.2, 0.25) is 0 Å². The number of aromatic nitrogens is 3. The van der Waals surface area contributed by atoms with Crippen LogP contribution in [0.5, 0.6) is 0 Å². The molecule has 1 aliphatic carbocycles. The predicted octanol–water partition coefficient (Wildman–Crippen LogP) is 2.39. The number of rotatable bonds is 2. The number of hydrogen-bond acceptors (Lipinski definition) is 5. The number of aromatic carboxylic acids is 1. The van der Waals surface area contributed by atoms with Crippen molar-refractivity contribution in [2.45, 2.75) is 12.8 Å². The van der Waals surface area contributed by atoms with Crippen molar-refractivity contribution in [1.82, 2.24) is 15.2 Å². The Morgan fingerprint density at radius 2 is 2.04 bits per heavy atom. The fourth-order valence-electron chi connectivity index (χ4n) is 3.28. The van der Waals surface area contributed by atoms with Crippen LogP contribution in [-0.4, -0.2) is 26.3 Å². The van der Waals surface area contributed by atoms with Gasteiger partial charge in [0.05, 0.1) is 17.5 Å². The van der Waals surface area contributed by atoms with E-state index in [1.807, 2.05) is 0 Å². The molecule has 0 saturated heterocycles. The molecule has 2 aromatic heterocycles. The normalized spacial score (nSPS) is 12.1. The maximum absolute atomic E-state index is 11.1. The van der Waals surface area contributed by atoms with Gasteiger partial charge in [-0.1, -0.05) is 12.1 Å². The first kappa shape index (κ1) is 14.9. The molecule has 7 nitrogen and oxygen atoms in total. The Balaban J connectivity index is 1.99. The number of nitrogens with zero attached hydrogens (tertiary/aromatic N) is 3. The van der Waals surface area contributed by atoms with Crippen LogP contribution in [0, 0.1) is 11.3 Å². The van der Waals surface area contributed by atoms with Gasteiger partial charge < -0.3 is 10.8 Å². The van der Waals surface area contributed by atoms with Gasteiger partial charge in [0.1, 0.15) is 17.5 Å². The molecule has 2 heterocycles. The van der Waals surface area contributed by atoms with Crippen LogP contribution < -0.4 is 5.73 Å². The second kappa shape index (κ2) is 5.46. The van der Waals surface area contributed by atoms with E-state index in [9.17, 15) is 10.1 Å². The molecule has 1 aliphatic rings. The van der Waals surface area contributed by atoms with Gasteiger partial charge >= 0.3 is 5.97 Å². The van der Waals surface area contributed by atoms with Gasteiger partial charge in [0.25, 0.3) is 0 Å². The lowest BCUT2D eigenvalue weighted by Crippen LogP contribution is -2.11. The van der Waals surface area contributed by atoms with E-state index in [1.165, 1.54) is 12.1 Å². The minimum atomic E-state index is -0.994. The Bertz CT molecular complexity index is 1040. The van der Waals surface area contributed by atoms with Gasteiger partial charge in [0, 0.05) is 16.8 Å². The number of carboxylic acid groups (broad SMARTS) is 1. The summed E-state index contributed by atoms with van der Waals surface area (Å²) in [6.45, 7) is 0. The molecule has 0 unspecified atom stereocenters. The molecule has 1 aromatic carbocycles. The van der Waals surface area contributed by atoms with Crippen molar-refractivity contribution in [2.24, 2.45) is 0 Å². The number of H-pyrrole nitrogens is 1. The van der Waals surface area contributed by atoms with Gasteiger partial charge in [-0.25, -0.2) is 9.78 Å². The number of nitrogens with one attached hydrogen (secondary N) is 1. The Labute approximate surface area is 142 Å². The Morgan fingerprint density at radius 3 is 2.72 bits per heavy atom. The third-order valence-corrected chi connectivity index (χ3v) is 4.46. The van der Waals surface area contributed by atoms with Crippen LogP contribution >= 0.6 is 0 Å². The summed E-state index contributed by atoms with van der Waals surface area (Å²) >= 11 is 0. The van der Waals surface area contributed by atoms with Crippen LogP contribution in [0.2, 0.25) is 0 Å². The predicted molar refractivity (Wildman–Crippen MR) is 90.7 cm³/mol. The monoisotopic (exact) mass is 331 g/mol. The molecule has 4 N–H and O–H groups in total. The van der Waals surface area contributed by atoms with E-state index in [4.69, 9.17) is 10.8 Å². The molecule has 4 rings (SSSR count). The van der Waals surface area contributed by atoms with E-state index in [2.05, 4.69) is 21.3 Å². The number of nitriles is 1. The van der Waals surface area contributed by atoms with Crippen LogP contribution in [0.15, 0.2) is 30.5 Å². The summed E-state index contributed by atoms with van der Waals surface area (Å²) < 4.78 is 0. The van der Waals surface area contributed by atoms with Crippen molar-refractivity contribution in [3.05, 3.63) is 52.8 Å². The fourth-order valence-corrected chi connectivity index (χ4v) is 3.28. The van der Waals surface area contributed by atoms with Crippen molar-refractivity contribution in [3.63, 3.8) is 0 Å². The highest BCUT2D eigenvalue weighted by Gasteiger charge is 2.26. The number of fused-ring (bicyclic) bond motifs is 3. The van der Waals surface area contributed by atoms with Gasteiger partial charge in [-0.3, -0.25) is 5.10 Å². The number of aryl methyl sites for hydroxylation is 1. The van der Waals surface area contributed by atoms with Crippen LogP contribution in [0.3, 0.4) is 0 Å². The molecule has 0 atom stereocenters. The number of nitrogens with two attached hydrogens (primary N) is 1. The van der Waals surface area contributed by atoms with Crippen molar-refractivity contribution in [2.75, 3.05) is 5.73 Å². The van der Waals surface area contributed by atoms with Crippen molar-refractivity contribution < 1.29 is 9.90 Å². The highest BCUT2D eigenvalue weighted by atomic mass is 16.4. The number of carbonyl (C=O) groups is 1. The number of anilines is 1. The molecule has 0 aliphatic heterocycles. The zero-order valence-electron chi connectivity index (χ0n) is 13.1. The molecule has 0 radical (unpaired) electrons. The first-order valence-corrected chi connectivity index (χ1v) is 7.69. The summed E-state index contributed by atoms with van der Waals surface area (Å²) in [4.78, 5) is 15.5. The van der Waals surface area contributed by atoms with Crippen LogP contribution in [-0.2, 0) is 12.8 Å². The fraction of sp³-hybridized carbons (Fsp3) is 0.111. The molecule has 0 saturated carbocycles. The van der Waals surface area contributed by atoms with E-state index in [1.54, 1.807) is 18.3 Å². The Hall–Kier alpha value is -3.66. The summed E-state index contributed by atoms with van der Waals surface area (Å²) in [5.74, 6) is -0.834. The minimum absolute atomic E-state index is 0.160. The number of hydrogen-bond donors (Lipinski definition) is 3. The largest absolute Gasteiger partial charge is 0.478 e. The topological polar surface area (TPSA) is 129 Å². The van der Waals surface area contributed by atoms with Crippen LogP contribution in [0.1, 0.15) is 27.2 Å². The molecule has 122 valence electrons. The summed E-state index contributed by atoms with van der Waals surface area (Å²) in [7, 11) is 0. The molecular weight excluding hydrogens is 318 g/mol.